The van der Waals surface area contributed by atoms with E-state index in [9.17, 15) is 17.6 Å². The summed E-state index contributed by atoms with van der Waals surface area (Å²) < 4.78 is 44.3. The lowest BCUT2D eigenvalue weighted by molar-refractivity contribution is 0.0596. The van der Waals surface area contributed by atoms with Gasteiger partial charge in [0.05, 0.1) is 17.6 Å². The number of methoxy groups -OCH3 is 1. The van der Waals surface area contributed by atoms with E-state index in [2.05, 4.69) is 9.46 Å². The SMILES string of the molecule is CCC(C)NS(=O)(=O)c1cc(F)ccc1C(=O)OC. The van der Waals surface area contributed by atoms with Crippen molar-refractivity contribution in [2.75, 3.05) is 7.11 Å². The molecule has 0 heterocycles. The molecule has 1 aromatic carbocycles. The van der Waals surface area contributed by atoms with Gasteiger partial charge < -0.3 is 4.74 Å². The van der Waals surface area contributed by atoms with Crippen LogP contribution in [-0.4, -0.2) is 27.5 Å². The summed E-state index contributed by atoms with van der Waals surface area (Å²) in [6, 6.07) is 2.58. The van der Waals surface area contributed by atoms with Crippen molar-refractivity contribution in [1.82, 2.24) is 4.72 Å². The maximum Gasteiger partial charge on any atom is 0.339 e. The average molecular weight is 289 g/mol. The number of rotatable bonds is 5. The van der Waals surface area contributed by atoms with Crippen molar-refractivity contribution in [1.29, 1.82) is 0 Å². The Morgan fingerprint density at radius 2 is 2.11 bits per heavy atom. The number of halogens is 1. The van der Waals surface area contributed by atoms with Crippen LogP contribution in [0.4, 0.5) is 4.39 Å². The fourth-order valence-electron chi connectivity index (χ4n) is 1.41. The lowest BCUT2D eigenvalue weighted by atomic mass is 10.2. The maximum absolute atomic E-state index is 13.2. The van der Waals surface area contributed by atoms with Crippen LogP contribution >= 0.6 is 0 Å². The number of benzene rings is 1. The van der Waals surface area contributed by atoms with Gasteiger partial charge in [0.2, 0.25) is 10.0 Å². The summed E-state index contributed by atoms with van der Waals surface area (Å²) in [5.41, 5.74) is -0.195. The molecule has 5 nitrogen and oxygen atoms in total. The van der Waals surface area contributed by atoms with E-state index in [-0.39, 0.29) is 11.6 Å². The molecule has 106 valence electrons. The Kier molecular flexibility index (Phi) is 5.02. The lowest BCUT2D eigenvalue weighted by Crippen LogP contribution is -2.33. The van der Waals surface area contributed by atoms with Gasteiger partial charge in [0.25, 0.3) is 0 Å². The van der Waals surface area contributed by atoms with Gasteiger partial charge in [-0.05, 0) is 31.5 Å². The third-order valence-corrected chi connectivity index (χ3v) is 4.24. The summed E-state index contributed by atoms with van der Waals surface area (Å²) in [6.07, 6.45) is 0.572. The number of esters is 1. The van der Waals surface area contributed by atoms with Crippen LogP contribution in [0.5, 0.6) is 0 Å². The predicted molar refractivity (Wildman–Crippen MR) is 67.8 cm³/mol. The molecule has 1 aromatic rings. The minimum absolute atomic E-state index is 0.195. The van der Waals surface area contributed by atoms with Crippen molar-refractivity contribution < 1.29 is 22.3 Å². The van der Waals surface area contributed by atoms with E-state index in [1.807, 2.05) is 0 Å². The summed E-state index contributed by atoms with van der Waals surface area (Å²) >= 11 is 0. The van der Waals surface area contributed by atoms with Gasteiger partial charge in [-0.15, -0.1) is 0 Å². The molecule has 0 radical (unpaired) electrons. The first-order valence-corrected chi connectivity index (χ1v) is 7.20. The van der Waals surface area contributed by atoms with Crippen molar-refractivity contribution >= 4 is 16.0 Å². The first kappa shape index (κ1) is 15.6. The molecule has 0 fully saturated rings. The number of hydrogen-bond acceptors (Lipinski definition) is 4. The second-order valence-electron chi connectivity index (χ2n) is 4.06. The lowest BCUT2D eigenvalue weighted by Gasteiger charge is -2.14. The molecule has 7 heteroatoms. The zero-order chi connectivity index (χ0) is 14.6. The molecule has 0 saturated heterocycles. The molecule has 0 bridgehead atoms. The molecule has 0 aromatic heterocycles. The Hall–Kier alpha value is -1.47. The Morgan fingerprint density at radius 1 is 1.47 bits per heavy atom. The van der Waals surface area contributed by atoms with E-state index in [1.54, 1.807) is 13.8 Å². The van der Waals surface area contributed by atoms with Crippen LogP contribution in [0.3, 0.4) is 0 Å². The van der Waals surface area contributed by atoms with Crippen LogP contribution in [0.1, 0.15) is 30.6 Å². The number of carbonyl (C=O) groups is 1. The van der Waals surface area contributed by atoms with Crippen LogP contribution in [0, 0.1) is 5.82 Å². The molecule has 1 N–H and O–H groups in total. The van der Waals surface area contributed by atoms with Crippen LogP contribution in [0.15, 0.2) is 23.1 Å². The third-order valence-electron chi connectivity index (χ3n) is 2.61. The minimum atomic E-state index is -3.97. The monoisotopic (exact) mass is 289 g/mol. The molecule has 0 aliphatic carbocycles. The van der Waals surface area contributed by atoms with Gasteiger partial charge in [-0.2, -0.15) is 0 Å². The molecule has 1 unspecified atom stereocenters. The van der Waals surface area contributed by atoms with E-state index < -0.39 is 26.7 Å². The normalized spacial score (nSPS) is 13.1. The first-order valence-electron chi connectivity index (χ1n) is 5.72. The van der Waals surface area contributed by atoms with Crippen molar-refractivity contribution in [3.63, 3.8) is 0 Å². The van der Waals surface area contributed by atoms with Crippen LogP contribution in [-0.2, 0) is 14.8 Å². The summed E-state index contributed by atoms with van der Waals surface area (Å²) in [5, 5.41) is 0. The molecule has 1 rings (SSSR count). The summed E-state index contributed by atoms with van der Waals surface area (Å²) in [5.74, 6) is -1.57. The smallest absolute Gasteiger partial charge is 0.339 e. The van der Waals surface area contributed by atoms with Gasteiger partial charge in [0.15, 0.2) is 0 Å². The fourth-order valence-corrected chi connectivity index (χ4v) is 2.94. The van der Waals surface area contributed by atoms with Crippen LogP contribution in [0.2, 0.25) is 0 Å². The van der Waals surface area contributed by atoms with Gasteiger partial charge >= 0.3 is 5.97 Å². The molecule has 19 heavy (non-hydrogen) atoms. The fraction of sp³-hybridized carbons (Fsp3) is 0.417. The topological polar surface area (TPSA) is 72.5 Å². The average Bonchev–Trinajstić information content (AvgIpc) is 2.37. The van der Waals surface area contributed by atoms with Crippen LogP contribution < -0.4 is 4.72 Å². The molecule has 0 spiro atoms. The van der Waals surface area contributed by atoms with Crippen molar-refractivity contribution in [3.8, 4) is 0 Å². The molecular weight excluding hydrogens is 273 g/mol. The van der Waals surface area contributed by atoms with Crippen LogP contribution in [0.25, 0.3) is 0 Å². The van der Waals surface area contributed by atoms with Crippen molar-refractivity contribution in [3.05, 3.63) is 29.6 Å². The highest BCUT2D eigenvalue weighted by Crippen LogP contribution is 2.18. The summed E-state index contributed by atoms with van der Waals surface area (Å²) in [4.78, 5) is 11.1. The van der Waals surface area contributed by atoms with Gasteiger partial charge in [-0.3, -0.25) is 0 Å². The predicted octanol–water partition coefficient (Wildman–Crippen LogP) is 1.69. The standard InChI is InChI=1S/C12H16FNO4S/c1-4-8(2)14-19(16,17)11-7-9(13)5-6-10(11)12(15)18-3/h5-8,14H,4H2,1-3H3. The number of ether oxygens (including phenoxy) is 1. The third kappa shape index (κ3) is 3.74. The Bertz CT molecular complexity index is 571. The molecule has 0 aliphatic rings. The Labute approximate surface area is 111 Å². The number of sulfonamides is 1. The Balaban J connectivity index is 3.32. The van der Waals surface area contributed by atoms with Gasteiger partial charge in [0.1, 0.15) is 5.82 Å². The first-order chi connectivity index (χ1) is 8.81. The van der Waals surface area contributed by atoms with Gasteiger partial charge in [-0.25, -0.2) is 22.3 Å². The number of carbonyl (C=O) groups excluding carboxylic acids is 1. The Morgan fingerprint density at radius 3 is 2.63 bits per heavy atom. The zero-order valence-corrected chi connectivity index (χ0v) is 11.8. The van der Waals surface area contributed by atoms with E-state index in [0.717, 1.165) is 25.3 Å². The molecule has 0 amide bonds. The number of hydrogen-bond donors (Lipinski definition) is 1. The zero-order valence-electron chi connectivity index (χ0n) is 10.9. The van der Waals surface area contributed by atoms with Gasteiger partial charge in [0, 0.05) is 6.04 Å². The van der Waals surface area contributed by atoms with E-state index in [4.69, 9.17) is 0 Å². The highest BCUT2D eigenvalue weighted by Gasteiger charge is 2.24. The van der Waals surface area contributed by atoms with Crippen molar-refractivity contribution in [2.45, 2.75) is 31.2 Å². The second-order valence-corrected chi connectivity index (χ2v) is 5.75. The molecule has 1 atom stereocenters. The highest BCUT2D eigenvalue weighted by molar-refractivity contribution is 7.89. The van der Waals surface area contributed by atoms with E-state index in [0.29, 0.717) is 6.42 Å². The number of nitrogens with one attached hydrogen (secondary N) is 1. The molecule has 0 saturated carbocycles. The van der Waals surface area contributed by atoms with E-state index in [1.165, 1.54) is 0 Å². The maximum atomic E-state index is 13.2. The van der Waals surface area contributed by atoms with E-state index >= 15 is 0 Å². The minimum Gasteiger partial charge on any atom is -0.465 e. The second kappa shape index (κ2) is 6.12. The summed E-state index contributed by atoms with van der Waals surface area (Å²) in [7, 11) is -2.84. The molecular formula is C12H16FNO4S. The summed E-state index contributed by atoms with van der Waals surface area (Å²) in [6.45, 7) is 3.48. The quantitative estimate of drug-likeness (QED) is 0.837. The van der Waals surface area contributed by atoms with Gasteiger partial charge in [-0.1, -0.05) is 6.92 Å². The highest BCUT2D eigenvalue weighted by atomic mass is 32.2. The molecule has 0 aliphatic heterocycles. The largest absolute Gasteiger partial charge is 0.465 e. The van der Waals surface area contributed by atoms with Crippen molar-refractivity contribution in [2.24, 2.45) is 0 Å².